The van der Waals surface area contributed by atoms with Crippen LogP contribution >= 0.6 is 23.2 Å². The van der Waals surface area contributed by atoms with Gasteiger partial charge in [0.15, 0.2) is 0 Å². The van der Waals surface area contributed by atoms with Gasteiger partial charge < -0.3 is 15.0 Å². The average Bonchev–Trinajstić information content (AvgIpc) is 2.83. The van der Waals surface area contributed by atoms with Crippen LogP contribution < -0.4 is 10.1 Å². The van der Waals surface area contributed by atoms with E-state index in [1.807, 2.05) is 0 Å². The molecule has 0 aliphatic heterocycles. The monoisotopic (exact) mass is 354 g/mol. The molecule has 0 atom stereocenters. The number of fused-ring (bicyclic) bond motifs is 1. The van der Waals surface area contributed by atoms with Gasteiger partial charge in [-0.2, -0.15) is 0 Å². The number of hydrogen-bond acceptors (Lipinski definition) is 2. The van der Waals surface area contributed by atoms with Gasteiger partial charge in [0.25, 0.3) is 0 Å². The van der Waals surface area contributed by atoms with Gasteiger partial charge >= 0.3 is 6.09 Å². The molecule has 1 aliphatic carbocycles. The van der Waals surface area contributed by atoms with Gasteiger partial charge in [0, 0.05) is 22.5 Å². The Balaban J connectivity index is 1.63. The Labute approximate surface area is 145 Å². The second-order valence-electron chi connectivity index (χ2n) is 6.95. The first-order chi connectivity index (χ1) is 10.8. The van der Waals surface area contributed by atoms with Crippen LogP contribution in [0.3, 0.4) is 0 Å². The van der Waals surface area contributed by atoms with Gasteiger partial charge in [0.05, 0.1) is 10.5 Å². The van der Waals surface area contributed by atoms with E-state index in [-0.39, 0.29) is 6.04 Å². The number of carbonyl (C=O) groups excluding carboxylic acids is 1. The molecule has 1 fully saturated rings. The number of aromatic nitrogens is 1. The topological polar surface area (TPSA) is 54.1 Å². The van der Waals surface area contributed by atoms with Gasteiger partial charge in [-0.3, -0.25) is 0 Å². The molecule has 3 rings (SSSR count). The van der Waals surface area contributed by atoms with E-state index in [2.05, 4.69) is 24.1 Å². The molecule has 1 heterocycles. The van der Waals surface area contributed by atoms with E-state index in [0.29, 0.717) is 21.3 Å². The number of H-pyrrole nitrogens is 1. The van der Waals surface area contributed by atoms with Gasteiger partial charge in [0.2, 0.25) is 5.88 Å². The third-order valence-corrected chi connectivity index (χ3v) is 5.02. The number of ether oxygens (including phenoxy) is 1. The van der Waals surface area contributed by atoms with Crippen molar-refractivity contribution in [2.45, 2.75) is 45.6 Å². The van der Waals surface area contributed by atoms with Crippen LogP contribution in [0.15, 0.2) is 18.2 Å². The molecule has 0 saturated heterocycles. The first kappa shape index (κ1) is 16.5. The fraction of sp³-hybridized carbons (Fsp3) is 0.471. The third-order valence-electron chi connectivity index (χ3n) is 4.49. The van der Waals surface area contributed by atoms with Crippen LogP contribution in [0.1, 0.15) is 39.5 Å². The fourth-order valence-electron chi connectivity index (χ4n) is 3.03. The smallest absolute Gasteiger partial charge is 0.393 e. The Hall–Kier alpha value is -1.39. The van der Waals surface area contributed by atoms with Crippen molar-refractivity contribution in [3.05, 3.63) is 28.2 Å². The van der Waals surface area contributed by atoms with Crippen molar-refractivity contribution in [3.63, 3.8) is 0 Å². The lowest BCUT2D eigenvalue weighted by molar-refractivity contribution is 0.173. The molecule has 4 nitrogen and oxygen atoms in total. The van der Waals surface area contributed by atoms with Crippen molar-refractivity contribution in [1.82, 2.24) is 10.3 Å². The number of aromatic amines is 1. The summed E-state index contributed by atoms with van der Waals surface area (Å²) in [6.45, 7) is 4.53. The maximum absolute atomic E-state index is 12.1. The molecule has 0 radical (unpaired) electrons. The minimum Gasteiger partial charge on any atom is -0.393 e. The zero-order valence-electron chi connectivity index (χ0n) is 13.2. The van der Waals surface area contributed by atoms with Crippen LogP contribution in [0.2, 0.25) is 10.0 Å². The third kappa shape index (κ3) is 3.93. The maximum atomic E-state index is 12.1. The van der Waals surface area contributed by atoms with Crippen LogP contribution in [0.4, 0.5) is 4.79 Å². The molecule has 1 aliphatic rings. The average molecular weight is 355 g/mol. The Bertz CT molecular complexity index is 730. The zero-order valence-corrected chi connectivity index (χ0v) is 14.7. The van der Waals surface area contributed by atoms with Crippen LogP contribution in [-0.4, -0.2) is 17.1 Å². The molecule has 1 aromatic carbocycles. The summed E-state index contributed by atoms with van der Waals surface area (Å²) in [5.74, 6) is 0.359. The summed E-state index contributed by atoms with van der Waals surface area (Å²) < 4.78 is 5.34. The van der Waals surface area contributed by atoms with E-state index < -0.39 is 6.09 Å². The summed E-state index contributed by atoms with van der Waals surface area (Å²) in [4.78, 5) is 15.1. The lowest BCUT2D eigenvalue weighted by atomic mass is 9.76. The quantitative estimate of drug-likeness (QED) is 0.744. The van der Waals surface area contributed by atoms with Gasteiger partial charge in [-0.25, -0.2) is 4.79 Å². The standard InChI is InChI=1S/C17H20Cl2N2O2/c1-17(2)5-3-11(4-6-17)20-16(22)23-15-9-12-13(19)7-10(18)8-14(12)21-15/h7-9,11,21H,3-6H2,1-2H3,(H,20,22). The lowest BCUT2D eigenvalue weighted by Crippen LogP contribution is -2.40. The van der Waals surface area contributed by atoms with Crippen molar-refractivity contribution < 1.29 is 9.53 Å². The van der Waals surface area contributed by atoms with E-state index in [1.54, 1.807) is 18.2 Å². The van der Waals surface area contributed by atoms with Crippen molar-refractivity contribution in [1.29, 1.82) is 0 Å². The molecule has 6 heteroatoms. The summed E-state index contributed by atoms with van der Waals surface area (Å²) in [5, 5.41) is 4.77. The molecule has 0 bridgehead atoms. The predicted octanol–water partition coefficient (Wildman–Crippen LogP) is 5.53. The molecular formula is C17H20Cl2N2O2. The van der Waals surface area contributed by atoms with E-state index in [1.165, 1.54) is 0 Å². The SMILES string of the molecule is CC1(C)CCC(NC(=O)Oc2cc3c(Cl)cc(Cl)cc3[nH]2)CC1. The van der Waals surface area contributed by atoms with Crippen LogP contribution in [0, 0.1) is 5.41 Å². The highest BCUT2D eigenvalue weighted by molar-refractivity contribution is 6.38. The number of rotatable bonds is 2. The largest absolute Gasteiger partial charge is 0.414 e. The summed E-state index contributed by atoms with van der Waals surface area (Å²) in [5.41, 5.74) is 1.11. The van der Waals surface area contributed by atoms with E-state index in [9.17, 15) is 4.79 Å². The van der Waals surface area contributed by atoms with Crippen molar-refractivity contribution in [2.75, 3.05) is 0 Å². The lowest BCUT2D eigenvalue weighted by Gasteiger charge is -2.34. The molecule has 1 amide bonds. The number of hydrogen-bond donors (Lipinski definition) is 2. The molecular weight excluding hydrogens is 335 g/mol. The second kappa shape index (κ2) is 6.25. The molecule has 1 aromatic heterocycles. The minimum atomic E-state index is -0.441. The summed E-state index contributed by atoms with van der Waals surface area (Å²) in [6.07, 6.45) is 3.74. The number of carbonyl (C=O) groups is 1. The fourth-order valence-corrected chi connectivity index (χ4v) is 3.58. The molecule has 2 N–H and O–H groups in total. The first-order valence-corrected chi connectivity index (χ1v) is 8.54. The second-order valence-corrected chi connectivity index (χ2v) is 7.80. The van der Waals surface area contributed by atoms with Gasteiger partial charge in [-0.1, -0.05) is 37.0 Å². The predicted molar refractivity (Wildman–Crippen MR) is 93.5 cm³/mol. The van der Waals surface area contributed by atoms with Crippen molar-refractivity contribution >= 4 is 40.2 Å². The maximum Gasteiger partial charge on any atom is 0.414 e. The Kier molecular flexibility index (Phi) is 4.47. The molecule has 0 unspecified atom stereocenters. The first-order valence-electron chi connectivity index (χ1n) is 7.78. The number of amides is 1. The number of halogens is 2. The van der Waals surface area contributed by atoms with E-state index in [0.717, 1.165) is 36.6 Å². The Morgan fingerprint density at radius 3 is 2.65 bits per heavy atom. The van der Waals surface area contributed by atoms with Crippen LogP contribution in [-0.2, 0) is 0 Å². The Morgan fingerprint density at radius 2 is 1.96 bits per heavy atom. The van der Waals surface area contributed by atoms with Crippen LogP contribution in [0.5, 0.6) is 5.88 Å². The highest BCUT2D eigenvalue weighted by Gasteiger charge is 2.28. The van der Waals surface area contributed by atoms with E-state index >= 15 is 0 Å². The van der Waals surface area contributed by atoms with Crippen LogP contribution in [0.25, 0.3) is 10.9 Å². The summed E-state index contributed by atoms with van der Waals surface area (Å²) in [6, 6.07) is 5.29. The number of benzene rings is 1. The molecule has 1 saturated carbocycles. The van der Waals surface area contributed by atoms with Gasteiger partial charge in [-0.05, 0) is 43.2 Å². The summed E-state index contributed by atoms with van der Waals surface area (Å²) in [7, 11) is 0. The molecule has 2 aromatic rings. The normalized spacial score (nSPS) is 18.1. The minimum absolute atomic E-state index is 0.179. The van der Waals surface area contributed by atoms with Gasteiger partial charge in [0.1, 0.15) is 0 Å². The Morgan fingerprint density at radius 1 is 1.26 bits per heavy atom. The highest BCUT2D eigenvalue weighted by atomic mass is 35.5. The van der Waals surface area contributed by atoms with Crippen molar-refractivity contribution in [2.24, 2.45) is 5.41 Å². The molecule has 23 heavy (non-hydrogen) atoms. The van der Waals surface area contributed by atoms with Crippen molar-refractivity contribution in [3.8, 4) is 5.88 Å². The van der Waals surface area contributed by atoms with Gasteiger partial charge in [-0.15, -0.1) is 0 Å². The molecule has 124 valence electrons. The summed E-state index contributed by atoms with van der Waals surface area (Å²) >= 11 is 12.1. The molecule has 0 spiro atoms. The van der Waals surface area contributed by atoms with E-state index in [4.69, 9.17) is 27.9 Å². The highest BCUT2D eigenvalue weighted by Crippen LogP contribution is 2.35. The zero-order chi connectivity index (χ0) is 16.6. The number of nitrogens with one attached hydrogen (secondary N) is 2.